The highest BCUT2D eigenvalue weighted by atomic mass is 16.5. The van der Waals surface area contributed by atoms with Crippen molar-refractivity contribution in [2.75, 3.05) is 33.4 Å². The summed E-state index contributed by atoms with van der Waals surface area (Å²) in [6, 6.07) is 0. The maximum Gasteiger partial charge on any atom is 0.221 e. The zero-order valence-corrected chi connectivity index (χ0v) is 9.97. The number of amides is 1. The molecular weight excluding hydrogens is 192 g/mol. The Morgan fingerprint density at radius 1 is 1.20 bits per heavy atom. The second-order valence-electron chi connectivity index (χ2n) is 3.55. The fourth-order valence-corrected chi connectivity index (χ4v) is 1.18. The summed E-state index contributed by atoms with van der Waals surface area (Å²) in [6.07, 6.45) is 3.75. The highest BCUT2D eigenvalue weighted by molar-refractivity contribution is 5.75. The first-order chi connectivity index (χ1) is 7.31. The summed E-state index contributed by atoms with van der Waals surface area (Å²) < 4.78 is 4.94. The Kier molecular flexibility index (Phi) is 11.0. The van der Waals surface area contributed by atoms with Crippen LogP contribution in [0, 0.1) is 0 Å². The first-order valence-corrected chi connectivity index (χ1v) is 5.77. The third-order valence-corrected chi connectivity index (χ3v) is 2.05. The summed E-state index contributed by atoms with van der Waals surface area (Å²) in [4.78, 5) is 11.2. The van der Waals surface area contributed by atoms with Crippen molar-refractivity contribution < 1.29 is 9.53 Å². The van der Waals surface area contributed by atoms with Crippen molar-refractivity contribution in [3.05, 3.63) is 0 Å². The average Bonchev–Trinajstić information content (AvgIpc) is 2.25. The third kappa shape index (κ3) is 11.3. The first-order valence-electron chi connectivity index (χ1n) is 5.77. The largest absolute Gasteiger partial charge is 0.385 e. The number of carbonyl (C=O) groups is 1. The fraction of sp³-hybridized carbons (Fsp3) is 0.909. The van der Waals surface area contributed by atoms with Gasteiger partial charge in [-0.15, -0.1) is 0 Å². The number of ether oxygens (including phenoxy) is 1. The standard InChI is InChI=1S/C11H24N2O2/c1-3-7-13-11(14)6-9-12-8-4-5-10-15-2/h12H,3-10H2,1-2H3,(H,13,14). The lowest BCUT2D eigenvalue weighted by Crippen LogP contribution is -2.28. The monoisotopic (exact) mass is 216 g/mol. The number of hydrogen-bond acceptors (Lipinski definition) is 3. The number of nitrogens with one attached hydrogen (secondary N) is 2. The molecule has 0 unspecified atom stereocenters. The Hall–Kier alpha value is -0.610. The Bertz CT molecular complexity index is 152. The van der Waals surface area contributed by atoms with Gasteiger partial charge in [-0.1, -0.05) is 6.92 Å². The van der Waals surface area contributed by atoms with E-state index < -0.39 is 0 Å². The maximum absolute atomic E-state index is 11.2. The van der Waals surface area contributed by atoms with Crippen molar-refractivity contribution in [2.45, 2.75) is 32.6 Å². The van der Waals surface area contributed by atoms with Gasteiger partial charge in [-0.05, 0) is 25.8 Å². The molecule has 0 saturated heterocycles. The van der Waals surface area contributed by atoms with Crippen LogP contribution in [0.4, 0.5) is 0 Å². The minimum absolute atomic E-state index is 0.140. The van der Waals surface area contributed by atoms with E-state index in [0.717, 1.165) is 45.5 Å². The highest BCUT2D eigenvalue weighted by Crippen LogP contribution is 1.87. The van der Waals surface area contributed by atoms with Gasteiger partial charge in [0.1, 0.15) is 0 Å². The minimum atomic E-state index is 0.140. The van der Waals surface area contributed by atoms with Gasteiger partial charge in [0.25, 0.3) is 0 Å². The fourth-order valence-electron chi connectivity index (χ4n) is 1.18. The zero-order chi connectivity index (χ0) is 11.4. The van der Waals surface area contributed by atoms with Gasteiger partial charge < -0.3 is 15.4 Å². The smallest absolute Gasteiger partial charge is 0.221 e. The summed E-state index contributed by atoms with van der Waals surface area (Å²) in [5.41, 5.74) is 0. The van der Waals surface area contributed by atoms with E-state index in [4.69, 9.17) is 4.74 Å². The second-order valence-corrected chi connectivity index (χ2v) is 3.55. The van der Waals surface area contributed by atoms with E-state index in [1.54, 1.807) is 7.11 Å². The van der Waals surface area contributed by atoms with Crippen LogP contribution in [-0.2, 0) is 9.53 Å². The molecule has 0 fully saturated rings. The van der Waals surface area contributed by atoms with E-state index in [1.165, 1.54) is 0 Å². The molecule has 0 bridgehead atoms. The topological polar surface area (TPSA) is 50.4 Å². The molecule has 15 heavy (non-hydrogen) atoms. The van der Waals surface area contributed by atoms with Gasteiger partial charge in [0.2, 0.25) is 5.91 Å². The van der Waals surface area contributed by atoms with Crippen LogP contribution in [0.15, 0.2) is 0 Å². The molecule has 0 aromatic rings. The van der Waals surface area contributed by atoms with Gasteiger partial charge in [-0.25, -0.2) is 0 Å². The number of rotatable bonds is 10. The predicted octanol–water partition coefficient (Wildman–Crippen LogP) is 0.919. The molecule has 0 heterocycles. The molecule has 0 aliphatic carbocycles. The molecule has 0 aromatic carbocycles. The quantitative estimate of drug-likeness (QED) is 0.534. The van der Waals surface area contributed by atoms with E-state index in [1.807, 2.05) is 6.92 Å². The minimum Gasteiger partial charge on any atom is -0.385 e. The van der Waals surface area contributed by atoms with Crippen LogP contribution in [0.25, 0.3) is 0 Å². The molecule has 0 spiro atoms. The van der Waals surface area contributed by atoms with Crippen molar-refractivity contribution in [3.63, 3.8) is 0 Å². The normalized spacial score (nSPS) is 10.3. The maximum atomic E-state index is 11.2. The van der Waals surface area contributed by atoms with E-state index >= 15 is 0 Å². The molecule has 2 N–H and O–H groups in total. The highest BCUT2D eigenvalue weighted by Gasteiger charge is 1.98. The summed E-state index contributed by atoms with van der Waals surface area (Å²) in [7, 11) is 1.71. The van der Waals surface area contributed by atoms with Gasteiger partial charge >= 0.3 is 0 Å². The van der Waals surface area contributed by atoms with E-state index in [9.17, 15) is 4.79 Å². The van der Waals surface area contributed by atoms with Crippen LogP contribution < -0.4 is 10.6 Å². The summed E-state index contributed by atoms with van der Waals surface area (Å²) in [5.74, 6) is 0.140. The van der Waals surface area contributed by atoms with Gasteiger partial charge in [0.05, 0.1) is 0 Å². The van der Waals surface area contributed by atoms with Gasteiger partial charge in [-0.2, -0.15) is 0 Å². The molecular formula is C11H24N2O2. The molecule has 90 valence electrons. The van der Waals surface area contributed by atoms with Crippen LogP contribution in [-0.4, -0.2) is 39.3 Å². The number of carbonyl (C=O) groups excluding carboxylic acids is 1. The molecule has 0 aliphatic heterocycles. The Balaban J connectivity index is 3.06. The van der Waals surface area contributed by atoms with Crippen LogP contribution >= 0.6 is 0 Å². The molecule has 0 radical (unpaired) electrons. The molecule has 4 nitrogen and oxygen atoms in total. The van der Waals surface area contributed by atoms with Gasteiger partial charge in [0, 0.05) is 33.2 Å². The van der Waals surface area contributed by atoms with Crippen molar-refractivity contribution in [1.82, 2.24) is 10.6 Å². The van der Waals surface area contributed by atoms with Crippen molar-refractivity contribution >= 4 is 5.91 Å². The first kappa shape index (κ1) is 14.4. The number of hydrogen-bond donors (Lipinski definition) is 2. The molecule has 0 atom stereocenters. The van der Waals surface area contributed by atoms with Gasteiger partial charge in [0.15, 0.2) is 0 Å². The molecule has 0 saturated carbocycles. The van der Waals surface area contributed by atoms with Crippen LogP contribution in [0.1, 0.15) is 32.6 Å². The Morgan fingerprint density at radius 3 is 2.67 bits per heavy atom. The summed E-state index contributed by atoms with van der Waals surface area (Å²) in [5, 5.41) is 6.08. The lowest BCUT2D eigenvalue weighted by molar-refractivity contribution is -0.120. The lowest BCUT2D eigenvalue weighted by atomic mass is 10.3. The van der Waals surface area contributed by atoms with Crippen molar-refractivity contribution in [1.29, 1.82) is 0 Å². The number of unbranched alkanes of at least 4 members (excludes halogenated alkanes) is 1. The zero-order valence-electron chi connectivity index (χ0n) is 9.97. The van der Waals surface area contributed by atoms with E-state index in [2.05, 4.69) is 10.6 Å². The third-order valence-electron chi connectivity index (χ3n) is 2.05. The number of methoxy groups -OCH3 is 1. The molecule has 0 aliphatic rings. The van der Waals surface area contributed by atoms with Crippen molar-refractivity contribution in [2.24, 2.45) is 0 Å². The molecule has 4 heteroatoms. The van der Waals surface area contributed by atoms with Gasteiger partial charge in [-0.3, -0.25) is 4.79 Å². The molecule has 0 rings (SSSR count). The van der Waals surface area contributed by atoms with E-state index in [-0.39, 0.29) is 5.91 Å². The SMILES string of the molecule is CCCNC(=O)CCNCCCCOC. The van der Waals surface area contributed by atoms with Crippen LogP contribution in [0.2, 0.25) is 0 Å². The molecule has 1 amide bonds. The lowest BCUT2D eigenvalue weighted by Gasteiger charge is -2.05. The Morgan fingerprint density at radius 2 is 2.00 bits per heavy atom. The molecule has 0 aromatic heterocycles. The predicted molar refractivity (Wildman–Crippen MR) is 61.9 cm³/mol. The van der Waals surface area contributed by atoms with Crippen molar-refractivity contribution in [3.8, 4) is 0 Å². The van der Waals surface area contributed by atoms with Crippen LogP contribution in [0.5, 0.6) is 0 Å². The van der Waals surface area contributed by atoms with Crippen LogP contribution in [0.3, 0.4) is 0 Å². The van der Waals surface area contributed by atoms with E-state index in [0.29, 0.717) is 6.42 Å². The summed E-state index contributed by atoms with van der Waals surface area (Å²) >= 11 is 0. The Labute approximate surface area is 92.8 Å². The average molecular weight is 216 g/mol. The summed E-state index contributed by atoms with van der Waals surface area (Å²) in [6.45, 7) is 5.38. The second kappa shape index (κ2) is 11.5.